The lowest BCUT2D eigenvalue weighted by atomic mass is 9.78. The largest absolute Gasteiger partial charge is 0.486 e. The molecule has 70 heavy (non-hydrogen) atoms. The van der Waals surface area contributed by atoms with Crippen molar-refractivity contribution in [3.8, 4) is 17.2 Å². The molecule has 8 rings (SSSR count). The first-order valence-electron chi connectivity index (χ1n) is 23.4. The van der Waals surface area contributed by atoms with Crippen molar-refractivity contribution in [3.05, 3.63) is 267 Å². The summed E-state index contributed by atoms with van der Waals surface area (Å²) in [6.07, 6.45) is 0.391. The average Bonchev–Trinajstić information content (AvgIpc) is 3.40. The second kappa shape index (κ2) is 20.6. The van der Waals surface area contributed by atoms with Gasteiger partial charge < -0.3 is 9.47 Å². The van der Waals surface area contributed by atoms with E-state index in [4.69, 9.17) is 9.47 Å². The van der Waals surface area contributed by atoms with E-state index in [2.05, 4.69) is 26.0 Å². The highest BCUT2D eigenvalue weighted by Crippen LogP contribution is 2.36. The van der Waals surface area contributed by atoms with Crippen LogP contribution in [0.5, 0.6) is 17.2 Å². The first kappa shape index (κ1) is 48.4. The second-order valence-corrected chi connectivity index (χ2v) is 17.9. The van der Waals surface area contributed by atoms with Crippen molar-refractivity contribution in [3.63, 3.8) is 0 Å². The van der Waals surface area contributed by atoms with Crippen molar-refractivity contribution in [1.29, 1.82) is 0 Å². The Morgan fingerprint density at radius 1 is 0.443 bits per heavy atom. The fourth-order valence-electron chi connectivity index (χ4n) is 8.49. The van der Waals surface area contributed by atoms with E-state index in [0.29, 0.717) is 80.2 Å². The number of hydrogen-bond acceptors (Lipinski definition) is 6. The van der Waals surface area contributed by atoms with Gasteiger partial charge in [0.15, 0.2) is 23.1 Å². The van der Waals surface area contributed by atoms with Gasteiger partial charge in [0, 0.05) is 49.9 Å². The Labute approximate surface area is 407 Å². The SMILES string of the molecule is CCC(F)(CC)c1ccc(C(=O)c2cccc(C(=O)c3ccc(Oc4ccc(C(C)(C)c5ccc(OC(C)c6ccc(C(=O)c7cccc(C(=O)c8ccc(F)cc8)c7)cc6)cc5)cc4)cc3)c2)cc1. The summed E-state index contributed by atoms with van der Waals surface area (Å²) in [7, 11) is 0. The van der Waals surface area contributed by atoms with Crippen LogP contribution in [0.2, 0.25) is 0 Å². The molecule has 0 spiro atoms. The number of benzene rings is 8. The summed E-state index contributed by atoms with van der Waals surface area (Å²) in [5.41, 5.74) is 4.99. The maximum atomic E-state index is 15.2. The summed E-state index contributed by atoms with van der Waals surface area (Å²) in [5, 5.41) is 0. The highest BCUT2D eigenvalue weighted by molar-refractivity contribution is 6.14. The fourth-order valence-corrected chi connectivity index (χ4v) is 8.49. The van der Waals surface area contributed by atoms with Gasteiger partial charge in [-0.15, -0.1) is 0 Å². The number of halogens is 2. The van der Waals surface area contributed by atoms with Crippen molar-refractivity contribution < 1.29 is 37.4 Å². The molecule has 0 saturated carbocycles. The zero-order chi connectivity index (χ0) is 49.6. The molecule has 0 fully saturated rings. The molecule has 0 aliphatic heterocycles. The maximum absolute atomic E-state index is 15.2. The highest BCUT2D eigenvalue weighted by Gasteiger charge is 2.28. The summed E-state index contributed by atoms with van der Waals surface area (Å²) in [6.45, 7) is 9.87. The Kier molecular flexibility index (Phi) is 14.3. The second-order valence-electron chi connectivity index (χ2n) is 17.9. The Bertz CT molecular complexity index is 3150. The number of rotatable bonds is 18. The fraction of sp³-hybridized carbons (Fsp3) is 0.161. The van der Waals surface area contributed by atoms with Gasteiger partial charge in [0.25, 0.3) is 0 Å². The zero-order valence-electron chi connectivity index (χ0n) is 39.7. The van der Waals surface area contributed by atoms with Gasteiger partial charge in [0.05, 0.1) is 0 Å². The maximum Gasteiger partial charge on any atom is 0.193 e. The third-order valence-electron chi connectivity index (χ3n) is 13.1. The Morgan fingerprint density at radius 3 is 1.17 bits per heavy atom. The molecular formula is C62H52F2O6. The number of ketones is 4. The normalized spacial score (nSPS) is 11.9. The molecule has 0 radical (unpaired) electrons. The zero-order valence-corrected chi connectivity index (χ0v) is 39.7. The minimum absolute atomic E-state index is 0.221. The van der Waals surface area contributed by atoms with Crippen LogP contribution in [0, 0.1) is 5.82 Å². The molecule has 8 aromatic rings. The minimum atomic E-state index is -1.43. The van der Waals surface area contributed by atoms with Crippen LogP contribution in [0.4, 0.5) is 8.78 Å². The van der Waals surface area contributed by atoms with Crippen LogP contribution in [0.1, 0.15) is 140 Å². The van der Waals surface area contributed by atoms with Gasteiger partial charge in [0.1, 0.15) is 34.8 Å². The molecule has 6 nitrogen and oxygen atoms in total. The quantitative estimate of drug-likeness (QED) is 0.0797. The molecule has 0 aliphatic carbocycles. The van der Waals surface area contributed by atoms with E-state index >= 15 is 4.39 Å². The standard InChI is InChI=1S/C62H52F2O6/c1-6-62(64,7-2)52-24-18-43(19-25-52)58(66)47-11-9-13-49(39-47)60(68)45-22-32-55(33-23-45)70-56-36-28-51(29-37-56)61(4,5)50-26-34-54(35-27-50)69-40(3)41-14-16-42(17-15-41)57(65)46-10-8-12-48(38-46)59(67)44-20-30-53(63)31-21-44/h8-40H,6-7H2,1-5H3. The van der Waals surface area contributed by atoms with Crippen molar-refractivity contribution >= 4 is 23.1 Å². The Balaban J connectivity index is 0.846. The molecule has 0 bridgehead atoms. The summed E-state index contributed by atoms with van der Waals surface area (Å²) < 4.78 is 41.0. The molecule has 8 heteroatoms. The third kappa shape index (κ3) is 10.6. The van der Waals surface area contributed by atoms with E-state index in [-0.39, 0.29) is 34.7 Å². The van der Waals surface area contributed by atoms with Crippen molar-refractivity contribution in [1.82, 2.24) is 0 Å². The lowest BCUT2D eigenvalue weighted by Gasteiger charge is -2.27. The highest BCUT2D eigenvalue weighted by atomic mass is 19.1. The van der Waals surface area contributed by atoms with Crippen LogP contribution in [0.25, 0.3) is 0 Å². The van der Waals surface area contributed by atoms with Crippen molar-refractivity contribution in [2.75, 3.05) is 0 Å². The van der Waals surface area contributed by atoms with Gasteiger partial charge in [-0.2, -0.15) is 0 Å². The molecule has 0 amide bonds. The third-order valence-corrected chi connectivity index (χ3v) is 13.1. The van der Waals surface area contributed by atoms with Gasteiger partial charge in [-0.25, -0.2) is 8.78 Å². The van der Waals surface area contributed by atoms with E-state index in [1.54, 1.807) is 109 Å². The molecule has 0 aromatic heterocycles. The van der Waals surface area contributed by atoms with Gasteiger partial charge in [-0.05, 0) is 127 Å². The molecule has 0 saturated heterocycles. The van der Waals surface area contributed by atoms with Gasteiger partial charge >= 0.3 is 0 Å². The minimum Gasteiger partial charge on any atom is -0.486 e. The molecule has 8 aromatic carbocycles. The van der Waals surface area contributed by atoms with Crippen LogP contribution < -0.4 is 9.47 Å². The van der Waals surface area contributed by atoms with Crippen LogP contribution >= 0.6 is 0 Å². The molecule has 0 N–H and O–H groups in total. The van der Waals surface area contributed by atoms with E-state index in [1.165, 1.54) is 24.3 Å². The molecule has 0 aliphatic rings. The predicted octanol–water partition coefficient (Wildman–Crippen LogP) is 15.0. The first-order valence-corrected chi connectivity index (χ1v) is 23.4. The smallest absolute Gasteiger partial charge is 0.193 e. The summed E-state index contributed by atoms with van der Waals surface area (Å²) in [4.78, 5) is 53.3. The molecule has 350 valence electrons. The van der Waals surface area contributed by atoms with Crippen LogP contribution in [0.3, 0.4) is 0 Å². The summed E-state index contributed by atoms with van der Waals surface area (Å²) in [5.74, 6) is 0.485. The van der Waals surface area contributed by atoms with Crippen LogP contribution in [-0.2, 0) is 11.1 Å². The summed E-state index contributed by atoms with van der Waals surface area (Å²) >= 11 is 0. The lowest BCUT2D eigenvalue weighted by Crippen LogP contribution is -2.18. The molecule has 0 heterocycles. The average molecular weight is 931 g/mol. The summed E-state index contributed by atoms with van der Waals surface area (Å²) in [6, 6.07) is 55.1. The van der Waals surface area contributed by atoms with Crippen molar-refractivity contribution in [2.45, 2.75) is 64.6 Å². The number of alkyl halides is 1. The van der Waals surface area contributed by atoms with E-state index in [9.17, 15) is 23.6 Å². The van der Waals surface area contributed by atoms with Gasteiger partial charge in [0.2, 0.25) is 0 Å². The molecule has 1 unspecified atom stereocenters. The number of ether oxygens (including phenoxy) is 2. The van der Waals surface area contributed by atoms with Crippen LogP contribution in [-0.4, -0.2) is 23.1 Å². The van der Waals surface area contributed by atoms with E-state index in [1.807, 2.05) is 69.3 Å². The predicted molar refractivity (Wildman–Crippen MR) is 270 cm³/mol. The number of carbonyl (C=O) groups is 4. The topological polar surface area (TPSA) is 86.7 Å². The van der Waals surface area contributed by atoms with Crippen LogP contribution in [0.15, 0.2) is 194 Å². The number of hydrogen-bond donors (Lipinski definition) is 0. The van der Waals surface area contributed by atoms with E-state index in [0.717, 1.165) is 16.7 Å². The van der Waals surface area contributed by atoms with Gasteiger partial charge in [-0.3, -0.25) is 19.2 Å². The van der Waals surface area contributed by atoms with E-state index < -0.39 is 11.5 Å². The Hall–Kier alpha value is -8.10. The molecule has 1 atom stereocenters. The first-order chi connectivity index (χ1) is 33.6. The monoisotopic (exact) mass is 930 g/mol. The Morgan fingerprint density at radius 2 is 0.771 bits per heavy atom. The van der Waals surface area contributed by atoms with Crippen molar-refractivity contribution in [2.24, 2.45) is 0 Å². The van der Waals surface area contributed by atoms with Gasteiger partial charge in [-0.1, -0.05) is 137 Å². The number of carbonyl (C=O) groups excluding carboxylic acids is 4. The molecular weight excluding hydrogens is 879 g/mol. The lowest BCUT2D eigenvalue weighted by molar-refractivity contribution is 0.102.